The van der Waals surface area contributed by atoms with Crippen LogP contribution in [0.25, 0.3) is 64.6 Å². The van der Waals surface area contributed by atoms with Gasteiger partial charge in [0.05, 0.1) is 149 Å². The van der Waals surface area contributed by atoms with Gasteiger partial charge in [-0.25, -0.2) is 0 Å². The third-order valence-electron chi connectivity index (χ3n) is 23.3. The molecule has 2 heterocycles. The van der Waals surface area contributed by atoms with Crippen molar-refractivity contribution in [1.82, 2.24) is 9.80 Å². The van der Waals surface area contributed by atoms with Gasteiger partial charge in [-0.1, -0.05) is 100 Å². The quantitative estimate of drug-likeness (QED) is 0.0155. The fourth-order valence-corrected chi connectivity index (χ4v) is 21.9. The molecule has 2 N–H and O–H groups in total. The molecule has 694 valence electrons. The number of hydrogen-bond donors (Lipinski definition) is 2. The van der Waals surface area contributed by atoms with E-state index in [0.29, 0.717) is 45.1 Å². The molecule has 0 bridgehead atoms. The van der Waals surface area contributed by atoms with E-state index in [1.165, 1.54) is 110 Å². The molecule has 30 nitrogen and oxygen atoms in total. The third-order valence-corrected chi connectivity index (χ3v) is 32.6. The van der Waals surface area contributed by atoms with Crippen molar-refractivity contribution >= 4 is 153 Å². The fraction of sp³-hybridized carbons (Fsp3) is 0.286. The van der Waals surface area contributed by atoms with Crippen molar-refractivity contribution in [2.24, 2.45) is 11.8 Å². The van der Waals surface area contributed by atoms with Crippen LogP contribution in [0, 0.1) is 11.8 Å². The van der Waals surface area contributed by atoms with E-state index in [9.17, 15) is 0 Å². The largest absolute Gasteiger partial charge is 0.503 e. The number of nitrogens with one attached hydrogen (secondary N) is 2. The predicted octanol–water partition coefficient (Wildman–Crippen LogP) is 20.6. The Bertz CT molecular complexity index is 5740. The number of carbonyl (C=O) groups excluding carboxylic acids is 6. The van der Waals surface area contributed by atoms with Crippen LogP contribution < -0.4 is 48.5 Å². The monoisotopic (exact) mass is 1880 g/mol. The average Bonchev–Trinajstić information content (AvgIpc) is 0.668. The van der Waals surface area contributed by atoms with Gasteiger partial charge >= 0.3 is 8.80 Å². The van der Waals surface area contributed by atoms with Gasteiger partial charge in [-0.05, 0) is 156 Å². The molecule has 34 heteroatoms. The van der Waals surface area contributed by atoms with Gasteiger partial charge in [-0.2, -0.15) is 0 Å². The highest BCUT2D eigenvalue weighted by Crippen LogP contribution is 2.60. The molecule has 2 aliphatic heterocycles. The highest BCUT2D eigenvalue weighted by Gasteiger charge is 2.48. The van der Waals surface area contributed by atoms with Crippen LogP contribution in [0.4, 0.5) is 11.4 Å². The Morgan fingerprint density at radius 1 is 0.311 bits per heavy atom. The minimum Gasteiger partial charge on any atom is -0.494 e. The summed E-state index contributed by atoms with van der Waals surface area (Å²) in [6.45, 7) is 7.41. The summed E-state index contributed by atoms with van der Waals surface area (Å²) in [4.78, 5) is 101. The first kappa shape index (κ1) is 94.7. The number of imide groups is 2. The van der Waals surface area contributed by atoms with E-state index in [4.69, 9.17) is 88.8 Å². The molecule has 0 aromatic heterocycles. The molecule has 2 aliphatic rings. The molecular formula is C98H104N4O26S3Si. The number of amides is 6. The van der Waals surface area contributed by atoms with E-state index in [2.05, 4.69) is 10.6 Å². The minimum atomic E-state index is -3.11. The summed E-state index contributed by atoms with van der Waals surface area (Å²) in [7, 11) is 7.52. The summed E-state index contributed by atoms with van der Waals surface area (Å²) >= 11 is 0. The van der Waals surface area contributed by atoms with Crippen LogP contribution in [0.2, 0.25) is 6.04 Å². The molecule has 0 saturated heterocycles. The standard InChI is InChI=1S/C98H104N4O26S3Si/c1-59(2)91(93(103)99-77-29-21-25-61-23-17-19-27-71(61)77)101-95(105)73-55-79(125-67-39-31-63(32-40-67)121-47-51-129(109-5,110-6)111-7)85-86-80(126-68-41-33-64(34-42-68)122-48-52-130(112-8,113-9)114-10)56-75-84-76(98(108)102(97(75)107)92(60(3)4)94(104)100-78-30-22-26-62-24-18-20-28-72(62)78)58-82(128-70-45-37-66(38-46-70)124-50-54-132(118-14,119-15)120-16)88(90(84)86)87-81(57-74(96(101)106)83(73)89(85)87)127-69-43-35-65(36-44-69)123-49-53-131(115-11,116-12)117-13/h17-46,55-60,91-92H,47-54H2,1-16H3,(H,99,103)(H,100,104). The van der Waals surface area contributed by atoms with Crippen molar-refractivity contribution in [1.29, 1.82) is 0 Å². The van der Waals surface area contributed by atoms with Crippen molar-refractivity contribution in [3.63, 3.8) is 0 Å². The SMILES string of the molecule is CO[Si](CCOc1ccc(Oc2cc3c4c(cc(Oc5ccc(OCCS(OC)(OC)OC)cc5)c5c6c(Oc7ccc(OCCS(OC)(OC)OC)cc7)cc7c8c(cc(Oc9ccc(OCCS(OC)(OC)OC)cc9)c(c2c45)c86)C(=O)N(C(C(=O)Nc2cccc4ccccc24)C(C)C)C7=O)C(=O)N(C(C(=O)Nc2cccc4ccccc24)C(C)C)C3=O)cc1)(OC)OC. The van der Waals surface area contributed by atoms with Crippen molar-refractivity contribution in [2.75, 3.05) is 140 Å². The maximum absolute atomic E-state index is 16.9. The molecule has 132 heavy (non-hydrogen) atoms. The molecule has 2 unspecified atom stereocenters. The molecule has 0 aliphatic carbocycles. The third kappa shape index (κ3) is 18.7. The summed E-state index contributed by atoms with van der Waals surface area (Å²) in [5.74, 6) is -3.55. The Balaban J connectivity index is 1.03. The lowest BCUT2D eigenvalue weighted by molar-refractivity contribution is -0.121. The maximum Gasteiger partial charge on any atom is 0.503 e. The van der Waals surface area contributed by atoms with Crippen LogP contribution >= 0.6 is 32.6 Å². The Morgan fingerprint density at radius 2 is 0.561 bits per heavy atom. The van der Waals surface area contributed by atoms with Crippen molar-refractivity contribution in [2.45, 2.75) is 45.8 Å². The van der Waals surface area contributed by atoms with E-state index in [0.717, 1.165) is 20.6 Å². The van der Waals surface area contributed by atoms with Crippen LogP contribution in [0.1, 0.15) is 69.1 Å². The second kappa shape index (κ2) is 40.7. The summed E-state index contributed by atoms with van der Waals surface area (Å²) < 4.78 is 123. The molecule has 13 aromatic rings. The number of rotatable bonds is 44. The zero-order valence-corrected chi connectivity index (χ0v) is 79.3. The lowest BCUT2D eigenvalue weighted by Crippen LogP contribution is -2.54. The average molecular weight is 1880 g/mol. The summed E-state index contributed by atoms with van der Waals surface area (Å²) in [5, 5.41) is 10.2. The van der Waals surface area contributed by atoms with Gasteiger partial charge in [0.25, 0.3) is 23.6 Å². The smallest absolute Gasteiger partial charge is 0.494 e. The number of ether oxygens (including phenoxy) is 8. The molecular weight excluding hydrogens is 1770 g/mol. The second-order valence-corrected chi connectivity index (χ2v) is 41.7. The van der Waals surface area contributed by atoms with Gasteiger partial charge in [-0.15, -0.1) is 0 Å². The first-order chi connectivity index (χ1) is 63.8. The molecule has 2 atom stereocenters. The molecule has 0 fully saturated rings. The number of benzene rings is 13. The van der Waals surface area contributed by atoms with Gasteiger partial charge < -0.3 is 61.8 Å². The minimum absolute atomic E-state index is 0.0573. The molecule has 6 amide bonds. The number of nitrogens with zero attached hydrogens (tertiary/aromatic N) is 2. The number of anilines is 2. The van der Waals surface area contributed by atoms with Crippen molar-refractivity contribution < 1.29 is 118 Å². The lowest BCUT2D eigenvalue weighted by Gasteiger charge is -2.37. The van der Waals surface area contributed by atoms with Crippen molar-refractivity contribution in [3.05, 3.63) is 229 Å². The Kier molecular flexibility index (Phi) is 29.2. The Labute approximate surface area is 770 Å². The zero-order chi connectivity index (χ0) is 93.5. The van der Waals surface area contributed by atoms with Gasteiger partial charge in [0.15, 0.2) is 0 Å². The first-order valence-corrected chi connectivity index (χ1v) is 48.9. The van der Waals surface area contributed by atoms with E-state index in [1.54, 1.807) is 149 Å². The highest BCUT2D eigenvalue weighted by molar-refractivity contribution is 8.22. The summed E-state index contributed by atoms with van der Waals surface area (Å²) in [6, 6.07) is 56.1. The number of hydrogen-bond acceptors (Lipinski definition) is 26. The van der Waals surface area contributed by atoms with Crippen LogP contribution in [0.15, 0.2) is 206 Å². The summed E-state index contributed by atoms with van der Waals surface area (Å²) in [5.41, 5.74) is 0.452. The van der Waals surface area contributed by atoms with E-state index >= 15 is 28.8 Å². The molecule has 0 radical (unpaired) electrons. The molecule has 15 rings (SSSR count). The topological polar surface area (TPSA) is 318 Å². The van der Waals surface area contributed by atoms with E-state index in [-0.39, 0.29) is 161 Å². The van der Waals surface area contributed by atoms with Crippen LogP contribution in [-0.2, 0) is 60.5 Å². The highest BCUT2D eigenvalue weighted by atomic mass is 32.3. The predicted molar refractivity (Wildman–Crippen MR) is 511 cm³/mol. The number of carbonyl (C=O) groups is 6. The van der Waals surface area contributed by atoms with Crippen LogP contribution in [0.5, 0.6) is 69.0 Å². The second-order valence-electron chi connectivity index (χ2n) is 31.1. The Morgan fingerprint density at radius 3 is 0.818 bits per heavy atom. The normalized spacial score (nSPS) is 14.0. The van der Waals surface area contributed by atoms with Gasteiger partial charge in [0, 0.05) is 86.6 Å². The fourth-order valence-electron chi connectivity index (χ4n) is 16.8. The lowest BCUT2D eigenvalue weighted by atomic mass is 9.80. The number of fused-ring (bicyclic) bond motifs is 4. The first-order valence-electron chi connectivity index (χ1n) is 42.3. The molecule has 0 spiro atoms. The van der Waals surface area contributed by atoms with Crippen molar-refractivity contribution in [3.8, 4) is 69.0 Å². The van der Waals surface area contributed by atoms with Crippen LogP contribution in [-0.4, -0.2) is 195 Å². The van der Waals surface area contributed by atoms with E-state index < -0.39 is 101 Å². The summed E-state index contributed by atoms with van der Waals surface area (Å²) in [6.07, 6.45) is 0. The van der Waals surface area contributed by atoms with Gasteiger partial charge in [0.2, 0.25) is 11.8 Å². The Hall–Kier alpha value is -11.9. The molecule has 13 aromatic carbocycles. The zero-order valence-electron chi connectivity index (χ0n) is 75.8. The molecule has 0 saturated carbocycles. The maximum atomic E-state index is 16.9. The van der Waals surface area contributed by atoms with Gasteiger partial charge in [-0.3, -0.25) is 76.2 Å². The van der Waals surface area contributed by atoms with Crippen LogP contribution in [0.3, 0.4) is 0 Å². The van der Waals surface area contributed by atoms with Gasteiger partial charge in [0.1, 0.15) is 101 Å². The van der Waals surface area contributed by atoms with E-state index in [1.807, 2.05) is 60.7 Å².